The Morgan fingerprint density at radius 1 is 1.11 bits per heavy atom. The predicted molar refractivity (Wildman–Crippen MR) is 77.0 cm³/mol. The number of aliphatic hydroxyl groups is 1. The second-order valence-electron chi connectivity index (χ2n) is 4.08. The van der Waals surface area contributed by atoms with Gasteiger partial charge in [-0.3, -0.25) is 0 Å². The van der Waals surface area contributed by atoms with E-state index in [-0.39, 0.29) is 5.82 Å². The van der Waals surface area contributed by atoms with E-state index in [1.807, 2.05) is 18.2 Å². The Balaban J connectivity index is 2.41. The van der Waals surface area contributed by atoms with Gasteiger partial charge in [0.1, 0.15) is 11.9 Å². The third-order valence-corrected chi connectivity index (χ3v) is 3.93. The van der Waals surface area contributed by atoms with Crippen LogP contribution in [-0.2, 0) is 0 Å². The molecule has 0 saturated carbocycles. The molecular formula is C14H11Br2FO. The second kappa shape index (κ2) is 5.51. The van der Waals surface area contributed by atoms with E-state index in [2.05, 4.69) is 31.9 Å². The summed E-state index contributed by atoms with van der Waals surface area (Å²) in [5.41, 5.74) is 1.96. The smallest absolute Gasteiger partial charge is 0.126 e. The van der Waals surface area contributed by atoms with Crippen molar-refractivity contribution in [2.24, 2.45) is 0 Å². The molecule has 0 aliphatic heterocycles. The van der Waals surface area contributed by atoms with Crippen LogP contribution in [0.3, 0.4) is 0 Å². The van der Waals surface area contributed by atoms with E-state index >= 15 is 0 Å². The second-order valence-corrected chi connectivity index (χ2v) is 5.85. The van der Waals surface area contributed by atoms with Crippen LogP contribution in [0.1, 0.15) is 22.8 Å². The lowest BCUT2D eigenvalue weighted by Gasteiger charge is -2.14. The molecule has 0 bridgehead atoms. The van der Waals surface area contributed by atoms with Crippen LogP contribution < -0.4 is 0 Å². The number of benzene rings is 2. The molecule has 0 radical (unpaired) electrons. The Labute approximate surface area is 122 Å². The van der Waals surface area contributed by atoms with Gasteiger partial charge in [0.05, 0.1) is 0 Å². The Hall–Kier alpha value is -0.710. The van der Waals surface area contributed by atoms with E-state index in [1.54, 1.807) is 19.1 Å². The highest BCUT2D eigenvalue weighted by atomic mass is 79.9. The molecule has 0 aromatic heterocycles. The van der Waals surface area contributed by atoms with Gasteiger partial charge in [0, 0.05) is 8.95 Å². The van der Waals surface area contributed by atoms with E-state index in [0.29, 0.717) is 11.1 Å². The molecule has 2 aromatic carbocycles. The summed E-state index contributed by atoms with van der Waals surface area (Å²) in [6.07, 6.45) is -0.772. The molecule has 0 aliphatic rings. The maximum Gasteiger partial charge on any atom is 0.126 e. The number of hydrogen-bond donors (Lipinski definition) is 1. The maximum atomic E-state index is 13.2. The fraction of sp³-hybridized carbons (Fsp3) is 0.143. The van der Waals surface area contributed by atoms with Crippen LogP contribution >= 0.6 is 31.9 Å². The fourth-order valence-electron chi connectivity index (χ4n) is 1.74. The lowest BCUT2D eigenvalue weighted by Crippen LogP contribution is -2.01. The number of hydrogen-bond acceptors (Lipinski definition) is 1. The third-order valence-electron chi connectivity index (χ3n) is 2.75. The van der Waals surface area contributed by atoms with Gasteiger partial charge in [-0.25, -0.2) is 4.39 Å². The first-order chi connectivity index (χ1) is 8.49. The molecule has 0 saturated heterocycles. The Morgan fingerprint density at radius 3 is 2.44 bits per heavy atom. The first kappa shape index (κ1) is 13.7. The largest absolute Gasteiger partial charge is 0.384 e. The molecule has 1 atom stereocenters. The molecule has 0 heterocycles. The van der Waals surface area contributed by atoms with E-state index in [0.717, 1.165) is 14.5 Å². The molecular weight excluding hydrogens is 363 g/mol. The van der Waals surface area contributed by atoms with Crippen LogP contribution in [-0.4, -0.2) is 5.11 Å². The summed E-state index contributed by atoms with van der Waals surface area (Å²) in [7, 11) is 0. The van der Waals surface area contributed by atoms with Crippen LogP contribution in [0.25, 0.3) is 0 Å². The average Bonchev–Trinajstić information content (AvgIpc) is 2.32. The maximum absolute atomic E-state index is 13.2. The molecule has 18 heavy (non-hydrogen) atoms. The molecule has 1 N–H and O–H groups in total. The summed E-state index contributed by atoms with van der Waals surface area (Å²) in [6.45, 7) is 1.68. The zero-order chi connectivity index (χ0) is 13.3. The topological polar surface area (TPSA) is 20.2 Å². The first-order valence-corrected chi connectivity index (χ1v) is 6.96. The minimum atomic E-state index is -0.772. The Kier molecular flexibility index (Phi) is 4.20. The van der Waals surface area contributed by atoms with Crippen LogP contribution in [0.15, 0.2) is 45.3 Å². The van der Waals surface area contributed by atoms with Crippen molar-refractivity contribution >= 4 is 31.9 Å². The van der Waals surface area contributed by atoms with E-state index in [9.17, 15) is 9.50 Å². The van der Waals surface area contributed by atoms with Gasteiger partial charge in [0.25, 0.3) is 0 Å². The van der Waals surface area contributed by atoms with Crippen molar-refractivity contribution in [1.82, 2.24) is 0 Å². The van der Waals surface area contributed by atoms with Gasteiger partial charge < -0.3 is 5.11 Å². The number of rotatable bonds is 2. The molecule has 4 heteroatoms. The zero-order valence-electron chi connectivity index (χ0n) is 9.62. The standard InChI is InChI=1S/C14H11Br2FO/c1-8-6-9(2-5-13(8)17)14(18)11-4-3-10(15)7-12(11)16/h2-7,14,18H,1H3. The zero-order valence-corrected chi connectivity index (χ0v) is 12.8. The Morgan fingerprint density at radius 2 is 1.83 bits per heavy atom. The Bertz CT molecular complexity index is 584. The fourth-order valence-corrected chi connectivity index (χ4v) is 3.00. The molecule has 1 unspecified atom stereocenters. The van der Waals surface area contributed by atoms with Crippen LogP contribution in [0.4, 0.5) is 4.39 Å². The third kappa shape index (κ3) is 2.82. The summed E-state index contributed by atoms with van der Waals surface area (Å²) in [5.74, 6) is -0.263. The minimum Gasteiger partial charge on any atom is -0.384 e. The predicted octanol–water partition coefficient (Wildman–Crippen LogP) is 4.74. The van der Waals surface area contributed by atoms with Crippen molar-refractivity contribution in [1.29, 1.82) is 0 Å². The highest BCUT2D eigenvalue weighted by molar-refractivity contribution is 9.11. The number of aliphatic hydroxyl groups excluding tert-OH is 1. The van der Waals surface area contributed by atoms with Crippen molar-refractivity contribution < 1.29 is 9.50 Å². The van der Waals surface area contributed by atoms with E-state index in [4.69, 9.17) is 0 Å². The van der Waals surface area contributed by atoms with Crippen LogP contribution in [0.2, 0.25) is 0 Å². The van der Waals surface area contributed by atoms with Gasteiger partial charge in [-0.05, 0) is 41.8 Å². The van der Waals surface area contributed by atoms with Crippen LogP contribution in [0, 0.1) is 12.7 Å². The van der Waals surface area contributed by atoms with Crippen molar-refractivity contribution in [2.45, 2.75) is 13.0 Å². The quantitative estimate of drug-likeness (QED) is 0.805. The molecule has 0 aliphatic carbocycles. The molecule has 2 rings (SSSR count). The lowest BCUT2D eigenvalue weighted by atomic mass is 10.00. The summed E-state index contributed by atoms with van der Waals surface area (Å²) in [6, 6.07) is 10.2. The van der Waals surface area contributed by atoms with Gasteiger partial charge >= 0.3 is 0 Å². The van der Waals surface area contributed by atoms with Crippen LogP contribution in [0.5, 0.6) is 0 Å². The SMILES string of the molecule is Cc1cc(C(O)c2ccc(Br)cc2Br)ccc1F. The van der Waals surface area contributed by atoms with Crippen molar-refractivity contribution in [3.05, 3.63) is 67.9 Å². The lowest BCUT2D eigenvalue weighted by molar-refractivity contribution is 0.219. The summed E-state index contributed by atoms with van der Waals surface area (Å²) < 4.78 is 14.9. The summed E-state index contributed by atoms with van der Waals surface area (Å²) in [4.78, 5) is 0. The molecule has 0 spiro atoms. The van der Waals surface area contributed by atoms with Gasteiger partial charge in [0.2, 0.25) is 0 Å². The highest BCUT2D eigenvalue weighted by Gasteiger charge is 2.14. The van der Waals surface area contributed by atoms with Gasteiger partial charge in [-0.15, -0.1) is 0 Å². The highest BCUT2D eigenvalue weighted by Crippen LogP contribution is 2.31. The molecule has 1 nitrogen and oxygen atoms in total. The van der Waals surface area contributed by atoms with Gasteiger partial charge in [-0.1, -0.05) is 50.1 Å². The van der Waals surface area contributed by atoms with Gasteiger partial charge in [0.15, 0.2) is 0 Å². The number of aryl methyl sites for hydroxylation is 1. The van der Waals surface area contributed by atoms with Gasteiger partial charge in [-0.2, -0.15) is 0 Å². The van der Waals surface area contributed by atoms with E-state index in [1.165, 1.54) is 6.07 Å². The van der Waals surface area contributed by atoms with Crippen molar-refractivity contribution in [3.8, 4) is 0 Å². The number of halogens is 3. The minimum absolute atomic E-state index is 0.263. The monoisotopic (exact) mass is 372 g/mol. The molecule has 2 aromatic rings. The van der Waals surface area contributed by atoms with Crippen molar-refractivity contribution in [3.63, 3.8) is 0 Å². The first-order valence-electron chi connectivity index (χ1n) is 5.38. The molecule has 0 fully saturated rings. The molecule has 94 valence electrons. The van der Waals surface area contributed by atoms with E-state index < -0.39 is 6.10 Å². The molecule has 0 amide bonds. The average molecular weight is 374 g/mol. The van der Waals surface area contributed by atoms with Crippen molar-refractivity contribution in [2.75, 3.05) is 0 Å². The summed E-state index contributed by atoms with van der Waals surface area (Å²) >= 11 is 6.78. The normalized spacial score (nSPS) is 12.5. The summed E-state index contributed by atoms with van der Waals surface area (Å²) in [5, 5.41) is 10.3.